The highest BCUT2D eigenvalue weighted by Crippen LogP contribution is 2.50. The van der Waals surface area contributed by atoms with Crippen molar-refractivity contribution in [3.05, 3.63) is 35.4 Å². The molecule has 1 fully saturated rings. The van der Waals surface area contributed by atoms with Crippen LogP contribution in [0.4, 0.5) is 13.2 Å². The van der Waals surface area contributed by atoms with Crippen molar-refractivity contribution in [2.45, 2.75) is 18.5 Å². The summed E-state index contributed by atoms with van der Waals surface area (Å²) in [5.74, 6) is 0.237. The van der Waals surface area contributed by atoms with E-state index in [2.05, 4.69) is 0 Å². The second kappa shape index (κ2) is 3.52. The molecule has 1 aliphatic carbocycles. The SMILES string of the molecule is NC[C@H]1C[C@H]1c1ccccc1C(F)(F)F. The summed E-state index contributed by atoms with van der Waals surface area (Å²) in [7, 11) is 0. The van der Waals surface area contributed by atoms with Crippen molar-refractivity contribution < 1.29 is 13.2 Å². The Hall–Kier alpha value is -1.03. The molecule has 0 spiro atoms. The standard InChI is InChI=1S/C11H12F3N/c12-11(13,14)10-4-2-1-3-8(10)9-5-7(9)6-15/h1-4,7,9H,5-6,15H2/t7-,9-/m1/s1. The molecule has 82 valence electrons. The van der Waals surface area contributed by atoms with E-state index in [0.717, 1.165) is 12.5 Å². The Labute approximate surface area is 86.1 Å². The Balaban J connectivity index is 2.32. The van der Waals surface area contributed by atoms with Gasteiger partial charge in [-0.1, -0.05) is 18.2 Å². The van der Waals surface area contributed by atoms with Crippen LogP contribution in [-0.4, -0.2) is 6.54 Å². The largest absolute Gasteiger partial charge is 0.416 e. The lowest BCUT2D eigenvalue weighted by atomic mass is 10.0. The van der Waals surface area contributed by atoms with E-state index in [1.165, 1.54) is 6.07 Å². The van der Waals surface area contributed by atoms with Gasteiger partial charge < -0.3 is 5.73 Å². The van der Waals surface area contributed by atoms with Gasteiger partial charge in [0.05, 0.1) is 5.56 Å². The molecule has 1 saturated carbocycles. The minimum atomic E-state index is -4.25. The summed E-state index contributed by atoms with van der Waals surface area (Å²) in [6.45, 7) is 0.469. The molecule has 0 aromatic heterocycles. The van der Waals surface area contributed by atoms with Crippen LogP contribution in [0.2, 0.25) is 0 Å². The average Bonchev–Trinajstić information content (AvgIpc) is 2.95. The van der Waals surface area contributed by atoms with Crippen molar-refractivity contribution >= 4 is 0 Å². The zero-order chi connectivity index (χ0) is 11.1. The summed E-state index contributed by atoms with van der Waals surface area (Å²) in [5.41, 5.74) is 5.33. The van der Waals surface area contributed by atoms with Gasteiger partial charge in [-0.2, -0.15) is 13.2 Å². The maximum Gasteiger partial charge on any atom is 0.416 e. The monoisotopic (exact) mass is 215 g/mol. The summed E-state index contributed by atoms with van der Waals surface area (Å²) >= 11 is 0. The van der Waals surface area contributed by atoms with Gasteiger partial charge in [0.25, 0.3) is 0 Å². The summed E-state index contributed by atoms with van der Waals surface area (Å²) < 4.78 is 37.9. The fraction of sp³-hybridized carbons (Fsp3) is 0.455. The van der Waals surface area contributed by atoms with Crippen LogP contribution in [0.15, 0.2) is 24.3 Å². The minimum Gasteiger partial charge on any atom is -0.330 e. The van der Waals surface area contributed by atoms with Crippen LogP contribution in [0.1, 0.15) is 23.5 Å². The molecule has 0 heterocycles. The second-order valence-corrected chi connectivity index (χ2v) is 3.92. The van der Waals surface area contributed by atoms with Crippen molar-refractivity contribution in [1.82, 2.24) is 0 Å². The molecule has 2 N–H and O–H groups in total. The molecular formula is C11H12F3N. The van der Waals surface area contributed by atoms with E-state index in [4.69, 9.17) is 5.73 Å². The smallest absolute Gasteiger partial charge is 0.330 e. The van der Waals surface area contributed by atoms with Crippen LogP contribution in [0.5, 0.6) is 0 Å². The van der Waals surface area contributed by atoms with Gasteiger partial charge in [-0.3, -0.25) is 0 Å². The first kappa shape index (κ1) is 10.5. The Kier molecular flexibility index (Phi) is 2.46. The van der Waals surface area contributed by atoms with E-state index < -0.39 is 11.7 Å². The van der Waals surface area contributed by atoms with E-state index in [1.54, 1.807) is 12.1 Å². The van der Waals surface area contributed by atoms with E-state index >= 15 is 0 Å². The van der Waals surface area contributed by atoms with E-state index in [0.29, 0.717) is 12.1 Å². The zero-order valence-corrected chi connectivity index (χ0v) is 8.09. The van der Waals surface area contributed by atoms with Crippen molar-refractivity contribution in [2.75, 3.05) is 6.54 Å². The van der Waals surface area contributed by atoms with Gasteiger partial charge in [-0.15, -0.1) is 0 Å². The van der Waals surface area contributed by atoms with Gasteiger partial charge in [-0.25, -0.2) is 0 Å². The number of halogens is 3. The molecule has 0 amide bonds. The molecule has 0 aliphatic heterocycles. The van der Waals surface area contributed by atoms with Gasteiger partial charge >= 0.3 is 6.18 Å². The topological polar surface area (TPSA) is 26.0 Å². The van der Waals surface area contributed by atoms with Crippen molar-refractivity contribution in [1.29, 1.82) is 0 Å². The molecule has 1 aromatic carbocycles. The fourth-order valence-electron chi connectivity index (χ4n) is 1.97. The highest BCUT2D eigenvalue weighted by atomic mass is 19.4. The molecule has 4 heteroatoms. The highest BCUT2D eigenvalue weighted by Gasteiger charge is 2.43. The third-order valence-corrected chi connectivity index (χ3v) is 2.89. The molecule has 0 radical (unpaired) electrons. The molecule has 1 aliphatic rings. The summed E-state index contributed by atoms with van der Waals surface area (Å²) in [6, 6.07) is 5.77. The lowest BCUT2D eigenvalue weighted by Crippen LogP contribution is -2.09. The predicted octanol–water partition coefficient (Wildman–Crippen LogP) is 2.77. The van der Waals surface area contributed by atoms with Gasteiger partial charge in [0.2, 0.25) is 0 Å². The molecule has 2 atom stereocenters. The average molecular weight is 215 g/mol. The number of hydrogen-bond acceptors (Lipinski definition) is 1. The molecule has 15 heavy (non-hydrogen) atoms. The Morgan fingerprint density at radius 3 is 2.47 bits per heavy atom. The Morgan fingerprint density at radius 1 is 1.27 bits per heavy atom. The Bertz CT molecular complexity index is 359. The van der Waals surface area contributed by atoms with Crippen molar-refractivity contribution in [3.63, 3.8) is 0 Å². The molecule has 0 bridgehead atoms. The lowest BCUT2D eigenvalue weighted by molar-refractivity contribution is -0.138. The van der Waals surface area contributed by atoms with Crippen molar-refractivity contribution in [2.24, 2.45) is 11.7 Å². The number of nitrogens with two attached hydrogens (primary N) is 1. The first-order valence-electron chi connectivity index (χ1n) is 4.90. The van der Waals surface area contributed by atoms with Crippen molar-refractivity contribution in [3.8, 4) is 0 Å². The first-order valence-corrected chi connectivity index (χ1v) is 4.90. The summed E-state index contributed by atoms with van der Waals surface area (Å²) in [5, 5.41) is 0. The third kappa shape index (κ3) is 2.00. The van der Waals surface area contributed by atoms with Crippen LogP contribution >= 0.6 is 0 Å². The molecule has 0 unspecified atom stereocenters. The number of rotatable bonds is 2. The quantitative estimate of drug-likeness (QED) is 0.806. The van der Waals surface area contributed by atoms with Crippen LogP contribution in [-0.2, 0) is 6.18 Å². The number of hydrogen-bond donors (Lipinski definition) is 1. The maximum atomic E-state index is 12.6. The molecular weight excluding hydrogens is 203 g/mol. The first-order chi connectivity index (χ1) is 7.04. The molecule has 1 nitrogen and oxygen atoms in total. The van der Waals surface area contributed by atoms with Gasteiger partial charge in [-0.05, 0) is 36.4 Å². The van der Waals surface area contributed by atoms with E-state index in [1.807, 2.05) is 0 Å². The molecule has 0 saturated heterocycles. The summed E-state index contributed by atoms with van der Waals surface area (Å²) in [6.07, 6.45) is -3.47. The Morgan fingerprint density at radius 2 is 1.93 bits per heavy atom. The fourth-order valence-corrected chi connectivity index (χ4v) is 1.97. The lowest BCUT2D eigenvalue weighted by Gasteiger charge is -2.12. The zero-order valence-electron chi connectivity index (χ0n) is 8.09. The predicted molar refractivity (Wildman–Crippen MR) is 51.3 cm³/mol. The second-order valence-electron chi connectivity index (χ2n) is 3.92. The number of benzene rings is 1. The van der Waals surface area contributed by atoms with E-state index in [9.17, 15) is 13.2 Å². The number of alkyl halides is 3. The van der Waals surface area contributed by atoms with Crippen LogP contribution in [0.25, 0.3) is 0 Å². The minimum absolute atomic E-state index is 0.00725. The molecule has 1 aromatic rings. The van der Waals surface area contributed by atoms with Crippen LogP contribution in [0, 0.1) is 5.92 Å². The summed E-state index contributed by atoms with van der Waals surface area (Å²) in [4.78, 5) is 0. The van der Waals surface area contributed by atoms with Crippen LogP contribution in [0.3, 0.4) is 0 Å². The van der Waals surface area contributed by atoms with Gasteiger partial charge in [0.1, 0.15) is 0 Å². The van der Waals surface area contributed by atoms with E-state index in [-0.39, 0.29) is 11.8 Å². The van der Waals surface area contributed by atoms with Gasteiger partial charge in [0, 0.05) is 0 Å². The third-order valence-electron chi connectivity index (χ3n) is 2.89. The normalized spacial score (nSPS) is 25.3. The highest BCUT2D eigenvalue weighted by molar-refractivity contribution is 5.36. The molecule has 2 rings (SSSR count). The van der Waals surface area contributed by atoms with Gasteiger partial charge in [0.15, 0.2) is 0 Å². The van der Waals surface area contributed by atoms with Crippen LogP contribution < -0.4 is 5.73 Å². The maximum absolute atomic E-state index is 12.6.